The molecule has 0 unspecified atom stereocenters. The van der Waals surface area contributed by atoms with Gasteiger partial charge in [-0.25, -0.2) is 4.98 Å². The predicted octanol–water partition coefficient (Wildman–Crippen LogP) is 4.94. The lowest BCUT2D eigenvalue weighted by Gasteiger charge is -2.20. The van der Waals surface area contributed by atoms with Crippen molar-refractivity contribution < 1.29 is 4.74 Å². The molecule has 1 atom stereocenters. The van der Waals surface area contributed by atoms with Crippen LogP contribution >= 0.6 is 0 Å². The Bertz CT molecular complexity index is 888. The highest BCUT2D eigenvalue weighted by molar-refractivity contribution is 5.87. The Morgan fingerprint density at radius 3 is 2.58 bits per heavy atom. The molecule has 3 heteroatoms. The molecule has 1 fully saturated rings. The van der Waals surface area contributed by atoms with Crippen LogP contribution in [0.15, 0.2) is 54.7 Å². The number of benzene rings is 2. The molecule has 0 aliphatic carbocycles. The molecular formula is C23H26N2O. The van der Waals surface area contributed by atoms with E-state index < -0.39 is 0 Å². The second-order valence-corrected chi connectivity index (χ2v) is 7.26. The van der Waals surface area contributed by atoms with Crippen LogP contribution in [-0.4, -0.2) is 36.1 Å². The lowest BCUT2D eigenvalue weighted by atomic mass is 10.00. The molecular weight excluding hydrogens is 320 g/mol. The third-order valence-electron chi connectivity index (χ3n) is 5.56. The number of ether oxygens (including phenoxy) is 1. The monoisotopic (exact) mass is 346 g/mol. The van der Waals surface area contributed by atoms with Crippen LogP contribution in [0.5, 0.6) is 5.88 Å². The van der Waals surface area contributed by atoms with E-state index in [4.69, 9.17) is 4.74 Å². The fourth-order valence-electron chi connectivity index (χ4n) is 3.90. The largest absolute Gasteiger partial charge is 0.481 e. The van der Waals surface area contributed by atoms with Crippen LogP contribution in [0.1, 0.15) is 25.3 Å². The number of pyridine rings is 1. The maximum absolute atomic E-state index is 5.14. The van der Waals surface area contributed by atoms with Crippen molar-refractivity contribution in [2.45, 2.75) is 32.2 Å². The summed E-state index contributed by atoms with van der Waals surface area (Å²) in [4.78, 5) is 6.92. The fourth-order valence-corrected chi connectivity index (χ4v) is 3.90. The van der Waals surface area contributed by atoms with Crippen LogP contribution in [0.4, 0.5) is 0 Å². The molecule has 26 heavy (non-hydrogen) atoms. The predicted molar refractivity (Wildman–Crippen MR) is 108 cm³/mol. The first-order valence-electron chi connectivity index (χ1n) is 9.50. The lowest BCUT2D eigenvalue weighted by molar-refractivity contribution is 0.272. The molecule has 1 aliphatic rings. The van der Waals surface area contributed by atoms with Gasteiger partial charge in [0.25, 0.3) is 0 Å². The lowest BCUT2D eigenvalue weighted by Crippen LogP contribution is -2.28. The molecule has 0 radical (unpaired) electrons. The third kappa shape index (κ3) is 3.58. The average molecular weight is 346 g/mol. The van der Waals surface area contributed by atoms with E-state index in [1.807, 2.05) is 12.3 Å². The number of hydrogen-bond acceptors (Lipinski definition) is 3. The molecule has 4 rings (SSSR count). The summed E-state index contributed by atoms with van der Waals surface area (Å²) >= 11 is 0. The summed E-state index contributed by atoms with van der Waals surface area (Å²) in [5.74, 6) is 0.645. The summed E-state index contributed by atoms with van der Waals surface area (Å²) in [7, 11) is 1.64. The van der Waals surface area contributed by atoms with Crippen LogP contribution in [0.3, 0.4) is 0 Å². The van der Waals surface area contributed by atoms with Gasteiger partial charge in [0, 0.05) is 30.4 Å². The SMILES string of the molecule is COc1ccc(-c2ccc3cc(CCN4CCC[C@@H]4C)ccc3c2)cn1. The van der Waals surface area contributed by atoms with Crippen LogP contribution in [0.25, 0.3) is 21.9 Å². The Balaban J connectivity index is 1.52. The standard InChI is InChI=1S/C23H26N2O/c1-17-4-3-12-25(17)13-11-18-5-6-20-15-21(8-7-19(20)14-18)22-9-10-23(26-2)24-16-22/h5-10,14-17H,3-4,11-13H2,1-2H3/t17-/m0/s1. The number of fused-ring (bicyclic) bond motifs is 1. The first-order valence-corrected chi connectivity index (χ1v) is 9.50. The Hall–Kier alpha value is -2.39. The van der Waals surface area contributed by atoms with E-state index >= 15 is 0 Å². The van der Waals surface area contributed by atoms with Gasteiger partial charge >= 0.3 is 0 Å². The smallest absolute Gasteiger partial charge is 0.212 e. The van der Waals surface area contributed by atoms with Crippen molar-refractivity contribution in [3.63, 3.8) is 0 Å². The van der Waals surface area contributed by atoms with E-state index in [1.54, 1.807) is 7.11 Å². The summed E-state index contributed by atoms with van der Waals surface area (Å²) in [5.41, 5.74) is 3.72. The van der Waals surface area contributed by atoms with E-state index in [9.17, 15) is 0 Å². The van der Waals surface area contributed by atoms with Gasteiger partial charge in [-0.3, -0.25) is 0 Å². The Kier molecular flexibility index (Phi) is 4.89. The van der Waals surface area contributed by atoms with Crippen molar-refractivity contribution in [2.75, 3.05) is 20.2 Å². The minimum absolute atomic E-state index is 0.645. The van der Waals surface area contributed by atoms with Gasteiger partial charge < -0.3 is 9.64 Å². The summed E-state index contributed by atoms with van der Waals surface area (Å²) < 4.78 is 5.14. The zero-order chi connectivity index (χ0) is 17.9. The van der Waals surface area contributed by atoms with Gasteiger partial charge in [-0.15, -0.1) is 0 Å². The van der Waals surface area contributed by atoms with Crippen molar-refractivity contribution in [1.82, 2.24) is 9.88 Å². The Labute approximate surface area is 155 Å². The van der Waals surface area contributed by atoms with Gasteiger partial charge in [0.2, 0.25) is 5.88 Å². The molecule has 134 valence electrons. The molecule has 2 heterocycles. The highest BCUT2D eigenvalue weighted by Gasteiger charge is 2.19. The van der Waals surface area contributed by atoms with Crippen LogP contribution in [0.2, 0.25) is 0 Å². The quantitative estimate of drug-likeness (QED) is 0.654. The zero-order valence-corrected chi connectivity index (χ0v) is 15.6. The third-order valence-corrected chi connectivity index (χ3v) is 5.56. The number of methoxy groups -OCH3 is 1. The van der Waals surface area contributed by atoms with Gasteiger partial charge in [0.1, 0.15) is 0 Å². The molecule has 1 aromatic heterocycles. The second kappa shape index (κ2) is 7.46. The molecule has 3 nitrogen and oxygen atoms in total. The van der Waals surface area contributed by atoms with Crippen molar-refractivity contribution in [1.29, 1.82) is 0 Å². The Morgan fingerprint density at radius 2 is 1.85 bits per heavy atom. The van der Waals surface area contributed by atoms with Gasteiger partial charge in [-0.2, -0.15) is 0 Å². The van der Waals surface area contributed by atoms with Gasteiger partial charge in [-0.1, -0.05) is 30.3 Å². The molecule has 3 aromatic rings. The van der Waals surface area contributed by atoms with Crippen LogP contribution < -0.4 is 4.74 Å². The maximum Gasteiger partial charge on any atom is 0.212 e. The number of likely N-dealkylation sites (tertiary alicyclic amines) is 1. The normalized spacial score (nSPS) is 17.7. The first-order chi connectivity index (χ1) is 12.7. The molecule has 0 bridgehead atoms. The molecule has 0 N–H and O–H groups in total. The Morgan fingerprint density at radius 1 is 1.04 bits per heavy atom. The van der Waals surface area contributed by atoms with E-state index in [1.165, 1.54) is 47.8 Å². The van der Waals surface area contributed by atoms with Gasteiger partial charge in [0.15, 0.2) is 0 Å². The zero-order valence-electron chi connectivity index (χ0n) is 15.6. The molecule has 1 saturated heterocycles. The van der Waals surface area contributed by atoms with Crippen molar-refractivity contribution >= 4 is 10.8 Å². The summed E-state index contributed by atoms with van der Waals surface area (Å²) in [6.45, 7) is 4.78. The van der Waals surface area contributed by atoms with E-state index in [0.29, 0.717) is 5.88 Å². The van der Waals surface area contributed by atoms with E-state index in [-0.39, 0.29) is 0 Å². The topological polar surface area (TPSA) is 25.4 Å². The number of aromatic nitrogens is 1. The number of rotatable bonds is 5. The summed E-state index contributed by atoms with van der Waals surface area (Å²) in [5, 5.41) is 2.58. The van der Waals surface area contributed by atoms with Crippen LogP contribution in [-0.2, 0) is 6.42 Å². The van der Waals surface area contributed by atoms with Gasteiger partial charge in [-0.05, 0) is 66.8 Å². The first kappa shape index (κ1) is 17.0. The molecule has 1 aliphatic heterocycles. The molecule has 0 spiro atoms. The van der Waals surface area contributed by atoms with E-state index in [2.05, 4.69) is 59.3 Å². The number of nitrogens with zero attached hydrogens (tertiary/aromatic N) is 2. The van der Waals surface area contributed by atoms with Crippen molar-refractivity contribution in [3.8, 4) is 17.0 Å². The van der Waals surface area contributed by atoms with Gasteiger partial charge in [0.05, 0.1) is 7.11 Å². The second-order valence-electron chi connectivity index (χ2n) is 7.26. The average Bonchev–Trinajstić information content (AvgIpc) is 3.10. The maximum atomic E-state index is 5.14. The highest BCUT2D eigenvalue weighted by Crippen LogP contribution is 2.26. The van der Waals surface area contributed by atoms with Crippen molar-refractivity contribution in [3.05, 3.63) is 60.3 Å². The minimum atomic E-state index is 0.645. The molecule has 0 amide bonds. The fraction of sp³-hybridized carbons (Fsp3) is 0.348. The highest BCUT2D eigenvalue weighted by atomic mass is 16.5. The van der Waals surface area contributed by atoms with Crippen LogP contribution in [0, 0.1) is 0 Å². The minimum Gasteiger partial charge on any atom is -0.481 e. The molecule has 0 saturated carbocycles. The van der Waals surface area contributed by atoms with Crippen molar-refractivity contribution in [2.24, 2.45) is 0 Å². The summed E-state index contributed by atoms with van der Waals surface area (Å²) in [6.07, 6.45) is 5.69. The summed E-state index contributed by atoms with van der Waals surface area (Å²) in [6, 6.07) is 18.2. The molecule has 2 aromatic carbocycles. The number of hydrogen-bond donors (Lipinski definition) is 0. The van der Waals surface area contributed by atoms with E-state index in [0.717, 1.165) is 18.0 Å².